The minimum absolute atomic E-state index is 1.25. The number of rotatable bonds is 2. The van der Waals surface area contributed by atoms with Crippen molar-refractivity contribution in [2.75, 3.05) is 7.05 Å². The molecule has 1 heterocycles. The second kappa shape index (κ2) is 3.01. The Morgan fingerprint density at radius 2 is 1.92 bits per heavy atom. The third kappa shape index (κ3) is 1.13. The van der Waals surface area contributed by atoms with Crippen LogP contribution in [-0.2, 0) is 7.05 Å². The summed E-state index contributed by atoms with van der Waals surface area (Å²) in [4.78, 5) is 0. The van der Waals surface area contributed by atoms with Gasteiger partial charge in [-0.15, -0.1) is 0 Å². The molecule has 2 rings (SSSR count). The summed E-state index contributed by atoms with van der Waals surface area (Å²) in [6, 6.07) is 8.31. The second-order valence-corrected chi connectivity index (χ2v) is 2.96. The molecule has 1 aromatic heterocycles. The van der Waals surface area contributed by atoms with E-state index >= 15 is 0 Å². The van der Waals surface area contributed by atoms with E-state index in [0.717, 1.165) is 0 Å². The van der Waals surface area contributed by atoms with Gasteiger partial charge >= 0.3 is 0 Å². The van der Waals surface area contributed by atoms with Gasteiger partial charge < -0.3 is 5.32 Å². The fraction of sp³-hybridized carbons (Fsp3) is 0.200. The van der Waals surface area contributed by atoms with Crippen LogP contribution in [0.1, 0.15) is 0 Å². The summed E-state index contributed by atoms with van der Waals surface area (Å²) in [5.41, 5.74) is 2.51. The van der Waals surface area contributed by atoms with Crippen LogP contribution in [0.2, 0.25) is 0 Å². The van der Waals surface area contributed by atoms with Gasteiger partial charge in [0, 0.05) is 26.5 Å². The average Bonchev–Trinajstić information content (AvgIpc) is 2.18. The average molecular weight is 175 g/mol. The molecule has 0 unspecified atom stereocenters. The summed E-state index contributed by atoms with van der Waals surface area (Å²) in [5, 5.41) is 2.97. The molecular weight excluding hydrogens is 162 g/mol. The summed E-state index contributed by atoms with van der Waals surface area (Å²) in [5.74, 6) is 0. The third-order valence-electron chi connectivity index (χ3n) is 2.18. The number of benzene rings is 1. The largest absolute Gasteiger partial charge is 0.393 e. The van der Waals surface area contributed by atoms with Crippen molar-refractivity contribution in [3.8, 4) is 0 Å². The van der Waals surface area contributed by atoms with Gasteiger partial charge in [-0.3, -0.25) is 9.36 Å². The maximum Gasteiger partial charge on any atom is 0.0878 e. The van der Waals surface area contributed by atoms with E-state index in [1.54, 1.807) is 0 Å². The van der Waals surface area contributed by atoms with Crippen molar-refractivity contribution in [2.24, 2.45) is 7.05 Å². The fourth-order valence-electron chi connectivity index (χ4n) is 1.49. The highest BCUT2D eigenvalue weighted by molar-refractivity contribution is 5.80. The van der Waals surface area contributed by atoms with Gasteiger partial charge in [-0.2, -0.15) is 0 Å². The highest BCUT2D eigenvalue weighted by atomic mass is 15.4. The molecule has 0 spiro atoms. The number of hydrogen-bond donors (Lipinski definition) is 1. The van der Waals surface area contributed by atoms with Crippen molar-refractivity contribution in [1.29, 1.82) is 0 Å². The zero-order valence-electron chi connectivity index (χ0n) is 7.86. The van der Waals surface area contributed by atoms with E-state index in [9.17, 15) is 0 Å². The minimum atomic E-state index is 1.25. The third-order valence-corrected chi connectivity index (χ3v) is 2.18. The predicted molar refractivity (Wildman–Crippen MR) is 55.3 cm³/mol. The van der Waals surface area contributed by atoms with Crippen molar-refractivity contribution in [2.45, 2.75) is 0 Å². The highest BCUT2D eigenvalue weighted by Gasteiger charge is 2.05. The van der Waals surface area contributed by atoms with E-state index in [1.165, 1.54) is 11.0 Å². The van der Waals surface area contributed by atoms with Crippen LogP contribution in [0.5, 0.6) is 0 Å². The summed E-state index contributed by atoms with van der Waals surface area (Å²) in [7, 11) is 3.94. The Labute approximate surface area is 77.2 Å². The molecule has 0 atom stereocenters. The Bertz CT molecular complexity index is 434. The Morgan fingerprint density at radius 3 is 2.62 bits per heavy atom. The van der Waals surface area contributed by atoms with Gasteiger partial charge in [0.05, 0.1) is 11.0 Å². The van der Waals surface area contributed by atoms with Crippen molar-refractivity contribution in [1.82, 2.24) is 14.7 Å². The molecule has 0 fully saturated rings. The molecule has 0 saturated heterocycles. The molecule has 2 aromatic rings. The Morgan fingerprint density at radius 1 is 1.23 bits per heavy atom. The Kier molecular flexibility index (Phi) is 1.85. The number of hydrogen-bond acceptors (Lipinski definition) is 1. The van der Waals surface area contributed by atoms with E-state index in [2.05, 4.69) is 32.9 Å². The molecule has 0 aliphatic carbocycles. The molecule has 1 N–H and O–H groups in total. The van der Waals surface area contributed by atoms with E-state index in [4.69, 9.17) is 0 Å². The molecule has 3 nitrogen and oxygen atoms in total. The quantitative estimate of drug-likeness (QED) is 0.736. The van der Waals surface area contributed by atoms with Gasteiger partial charge in [0.25, 0.3) is 0 Å². The summed E-state index contributed by atoms with van der Waals surface area (Å²) >= 11 is 0. The van der Waals surface area contributed by atoms with E-state index in [0.29, 0.717) is 0 Å². The first-order valence-electron chi connectivity index (χ1n) is 4.30. The minimum Gasteiger partial charge on any atom is -0.393 e. The van der Waals surface area contributed by atoms with E-state index in [-0.39, 0.29) is 0 Å². The monoisotopic (exact) mass is 175 g/mol. The molecule has 68 valence electrons. The van der Waals surface area contributed by atoms with E-state index < -0.39 is 0 Å². The first-order chi connectivity index (χ1) is 6.34. The number of nitrogens with zero attached hydrogens (tertiary/aromatic N) is 2. The number of aromatic nitrogens is 2. The van der Waals surface area contributed by atoms with Crippen LogP contribution in [0.25, 0.3) is 17.2 Å². The molecular formula is C10H13N3. The Balaban J connectivity index is 2.47. The SMILES string of the molecule is CN/C=C\n1c2ccccc2n1C. The summed E-state index contributed by atoms with van der Waals surface area (Å²) in [6.07, 6.45) is 3.91. The van der Waals surface area contributed by atoms with Gasteiger partial charge in [0.2, 0.25) is 0 Å². The molecule has 0 aliphatic rings. The lowest BCUT2D eigenvalue weighted by Crippen LogP contribution is -2.16. The molecule has 0 radical (unpaired) electrons. The fourth-order valence-corrected chi connectivity index (χ4v) is 1.49. The number of fused-ring (bicyclic) bond motifs is 1. The van der Waals surface area contributed by atoms with Crippen LogP contribution in [-0.4, -0.2) is 16.4 Å². The zero-order valence-corrected chi connectivity index (χ0v) is 7.86. The maximum absolute atomic E-state index is 2.97. The van der Waals surface area contributed by atoms with Crippen molar-refractivity contribution < 1.29 is 0 Å². The smallest absolute Gasteiger partial charge is 0.0878 e. The van der Waals surface area contributed by atoms with Crippen molar-refractivity contribution in [3.05, 3.63) is 30.5 Å². The molecule has 1 aromatic carbocycles. The second-order valence-electron chi connectivity index (χ2n) is 2.96. The Hall–Kier alpha value is -1.64. The van der Waals surface area contributed by atoms with Gasteiger partial charge in [0.1, 0.15) is 0 Å². The first-order valence-corrected chi connectivity index (χ1v) is 4.30. The zero-order chi connectivity index (χ0) is 9.26. The van der Waals surface area contributed by atoms with Crippen LogP contribution in [0.15, 0.2) is 30.5 Å². The lowest BCUT2D eigenvalue weighted by Gasteiger charge is -2.20. The lowest BCUT2D eigenvalue weighted by molar-refractivity contribution is 0.678. The number of nitrogens with one attached hydrogen (secondary N) is 1. The maximum atomic E-state index is 2.97. The van der Waals surface area contributed by atoms with E-state index in [1.807, 2.05) is 32.6 Å². The first kappa shape index (κ1) is 7.98. The summed E-state index contributed by atoms with van der Waals surface area (Å²) < 4.78 is 4.19. The van der Waals surface area contributed by atoms with Gasteiger partial charge in [-0.25, -0.2) is 0 Å². The molecule has 0 aliphatic heterocycles. The molecule has 13 heavy (non-hydrogen) atoms. The van der Waals surface area contributed by atoms with Gasteiger partial charge in [-0.05, 0) is 12.1 Å². The van der Waals surface area contributed by atoms with Crippen molar-refractivity contribution in [3.63, 3.8) is 0 Å². The highest BCUT2D eigenvalue weighted by Crippen LogP contribution is 2.17. The number of aryl methyl sites for hydroxylation is 1. The molecule has 3 heteroatoms. The molecule has 0 saturated carbocycles. The van der Waals surface area contributed by atoms with Crippen molar-refractivity contribution >= 4 is 17.2 Å². The van der Waals surface area contributed by atoms with Gasteiger partial charge in [-0.1, -0.05) is 12.1 Å². The van der Waals surface area contributed by atoms with Crippen LogP contribution in [0.3, 0.4) is 0 Å². The van der Waals surface area contributed by atoms with Crippen LogP contribution < -0.4 is 5.32 Å². The standard InChI is InChI=1S/C10H13N3/c1-11-7-8-13-10-6-4-3-5-9(10)12(13)2/h3-8,11H,1-2H3/b8-7-. The molecule has 0 bridgehead atoms. The topological polar surface area (TPSA) is 21.9 Å². The predicted octanol–water partition coefficient (Wildman–Crippen LogP) is 1.63. The number of para-hydroxylation sites is 2. The van der Waals surface area contributed by atoms with Crippen LogP contribution in [0, 0.1) is 0 Å². The molecule has 0 amide bonds. The van der Waals surface area contributed by atoms with Crippen LogP contribution in [0.4, 0.5) is 0 Å². The normalized spacial score (nSPS) is 11.5. The lowest BCUT2D eigenvalue weighted by atomic mass is 10.3. The van der Waals surface area contributed by atoms with Gasteiger partial charge in [0.15, 0.2) is 0 Å². The van der Waals surface area contributed by atoms with Crippen LogP contribution >= 0.6 is 0 Å². The summed E-state index contributed by atoms with van der Waals surface area (Å²) in [6.45, 7) is 0.